The van der Waals surface area contributed by atoms with Gasteiger partial charge in [0.15, 0.2) is 5.96 Å². The summed E-state index contributed by atoms with van der Waals surface area (Å²) in [6.45, 7) is 10.9. The first-order chi connectivity index (χ1) is 8.76. The quantitative estimate of drug-likeness (QED) is 0.362. The van der Waals surface area contributed by atoms with Crippen LogP contribution in [0.3, 0.4) is 0 Å². The molecule has 0 saturated carbocycles. The van der Waals surface area contributed by atoms with Crippen LogP contribution in [-0.2, 0) is 4.79 Å². The van der Waals surface area contributed by atoms with Crippen LogP contribution in [0.25, 0.3) is 0 Å². The number of carbonyl (C=O) groups excluding carboxylic acids is 1. The van der Waals surface area contributed by atoms with Crippen molar-refractivity contribution in [1.82, 2.24) is 20.9 Å². The van der Waals surface area contributed by atoms with Crippen molar-refractivity contribution in [1.29, 1.82) is 0 Å². The van der Waals surface area contributed by atoms with Crippen LogP contribution < -0.4 is 16.0 Å². The van der Waals surface area contributed by atoms with Crippen LogP contribution in [0.1, 0.15) is 27.7 Å². The van der Waals surface area contributed by atoms with Gasteiger partial charge in [-0.2, -0.15) is 0 Å². The van der Waals surface area contributed by atoms with Gasteiger partial charge >= 0.3 is 0 Å². The van der Waals surface area contributed by atoms with Gasteiger partial charge in [0.2, 0.25) is 5.91 Å². The van der Waals surface area contributed by atoms with Gasteiger partial charge in [0, 0.05) is 39.3 Å². The van der Waals surface area contributed by atoms with Crippen LogP contribution in [0.5, 0.6) is 0 Å². The van der Waals surface area contributed by atoms with Crippen LogP contribution in [0.4, 0.5) is 0 Å². The Kier molecular flexibility index (Phi) is 8.14. The molecule has 0 aromatic heterocycles. The fourth-order valence-corrected chi connectivity index (χ4v) is 1.25. The topological polar surface area (TPSA) is 68.8 Å². The standard InChI is InChI=1S/C13H29N5O/c1-7-14-12(16-10-11(19)18(5)6)15-8-9-17-13(2,3)4/h17H,7-10H2,1-6H3,(H2,14,15,16). The number of carbonyl (C=O) groups is 1. The second-order valence-electron chi connectivity index (χ2n) is 5.59. The Hall–Kier alpha value is -1.30. The molecule has 0 unspecified atom stereocenters. The molecule has 6 heteroatoms. The van der Waals surface area contributed by atoms with Crippen LogP contribution in [0.15, 0.2) is 4.99 Å². The van der Waals surface area contributed by atoms with Gasteiger partial charge in [-0.05, 0) is 27.7 Å². The lowest BCUT2D eigenvalue weighted by atomic mass is 10.1. The van der Waals surface area contributed by atoms with E-state index in [1.54, 1.807) is 14.1 Å². The maximum atomic E-state index is 11.5. The van der Waals surface area contributed by atoms with Crippen molar-refractivity contribution >= 4 is 11.9 Å². The van der Waals surface area contributed by atoms with Gasteiger partial charge in [0.1, 0.15) is 6.54 Å². The van der Waals surface area contributed by atoms with Gasteiger partial charge in [-0.15, -0.1) is 0 Å². The maximum absolute atomic E-state index is 11.5. The van der Waals surface area contributed by atoms with E-state index in [0.29, 0.717) is 5.96 Å². The summed E-state index contributed by atoms with van der Waals surface area (Å²) in [6, 6.07) is 0. The Morgan fingerprint density at radius 3 is 2.26 bits per heavy atom. The summed E-state index contributed by atoms with van der Waals surface area (Å²) in [4.78, 5) is 17.2. The first-order valence-electron chi connectivity index (χ1n) is 6.73. The first kappa shape index (κ1) is 17.7. The molecule has 0 heterocycles. The van der Waals surface area contributed by atoms with E-state index < -0.39 is 0 Å². The van der Waals surface area contributed by atoms with Crippen molar-refractivity contribution in [3.63, 3.8) is 0 Å². The third-order valence-electron chi connectivity index (χ3n) is 2.29. The molecule has 0 aliphatic carbocycles. The SMILES string of the molecule is CCNC(=NCC(=O)N(C)C)NCCNC(C)(C)C. The molecule has 112 valence electrons. The summed E-state index contributed by atoms with van der Waals surface area (Å²) < 4.78 is 0. The van der Waals surface area contributed by atoms with Crippen molar-refractivity contribution < 1.29 is 4.79 Å². The van der Waals surface area contributed by atoms with Gasteiger partial charge < -0.3 is 20.9 Å². The Balaban J connectivity index is 4.11. The van der Waals surface area contributed by atoms with E-state index in [4.69, 9.17) is 0 Å². The number of likely N-dealkylation sites (N-methyl/N-ethyl adjacent to an activating group) is 1. The minimum absolute atomic E-state index is 0.00924. The molecule has 0 rings (SSSR count). The summed E-state index contributed by atoms with van der Waals surface area (Å²) in [5.74, 6) is 0.665. The summed E-state index contributed by atoms with van der Waals surface area (Å²) in [5.41, 5.74) is 0.109. The van der Waals surface area contributed by atoms with Crippen molar-refractivity contribution in [2.24, 2.45) is 4.99 Å². The summed E-state index contributed by atoms with van der Waals surface area (Å²) in [7, 11) is 3.46. The number of hydrogen-bond acceptors (Lipinski definition) is 3. The highest BCUT2D eigenvalue weighted by atomic mass is 16.2. The molecule has 0 radical (unpaired) electrons. The van der Waals surface area contributed by atoms with E-state index in [9.17, 15) is 4.79 Å². The molecule has 19 heavy (non-hydrogen) atoms. The van der Waals surface area contributed by atoms with Gasteiger partial charge in [-0.25, -0.2) is 4.99 Å². The molecule has 0 bridgehead atoms. The highest BCUT2D eigenvalue weighted by molar-refractivity contribution is 5.84. The Bertz CT molecular complexity index is 294. The molecule has 0 aromatic rings. The van der Waals surface area contributed by atoms with Gasteiger partial charge in [0.25, 0.3) is 0 Å². The van der Waals surface area contributed by atoms with E-state index in [1.165, 1.54) is 4.90 Å². The predicted octanol–water partition coefficient (Wildman–Crippen LogP) is 0.0178. The molecule has 0 aliphatic rings. The molecule has 6 nitrogen and oxygen atoms in total. The fourth-order valence-electron chi connectivity index (χ4n) is 1.25. The van der Waals surface area contributed by atoms with Crippen molar-refractivity contribution in [2.75, 3.05) is 40.3 Å². The zero-order chi connectivity index (χ0) is 14.9. The molecular weight excluding hydrogens is 242 g/mol. The van der Waals surface area contributed by atoms with E-state index in [-0.39, 0.29) is 18.0 Å². The number of nitrogens with zero attached hydrogens (tertiary/aromatic N) is 2. The largest absolute Gasteiger partial charge is 0.357 e. The number of nitrogens with one attached hydrogen (secondary N) is 3. The van der Waals surface area contributed by atoms with Crippen LogP contribution >= 0.6 is 0 Å². The molecule has 1 amide bonds. The van der Waals surface area contributed by atoms with E-state index in [2.05, 4.69) is 41.7 Å². The van der Waals surface area contributed by atoms with Crippen LogP contribution in [0.2, 0.25) is 0 Å². The van der Waals surface area contributed by atoms with Gasteiger partial charge in [0.05, 0.1) is 0 Å². The summed E-state index contributed by atoms with van der Waals surface area (Å²) >= 11 is 0. The monoisotopic (exact) mass is 271 g/mol. The number of amides is 1. The molecule has 0 spiro atoms. The Labute approximate surface area is 117 Å². The van der Waals surface area contributed by atoms with Gasteiger partial charge in [-0.1, -0.05) is 0 Å². The molecule has 0 fully saturated rings. The third kappa shape index (κ3) is 10.3. The number of guanidine groups is 1. The zero-order valence-electron chi connectivity index (χ0n) is 13.1. The molecule has 0 aromatic carbocycles. The van der Waals surface area contributed by atoms with E-state index in [0.717, 1.165) is 19.6 Å². The lowest BCUT2D eigenvalue weighted by Crippen LogP contribution is -2.44. The molecular formula is C13H29N5O. The average Bonchev–Trinajstić information content (AvgIpc) is 2.29. The molecule has 3 N–H and O–H groups in total. The second kappa shape index (κ2) is 8.74. The van der Waals surface area contributed by atoms with E-state index >= 15 is 0 Å². The highest BCUT2D eigenvalue weighted by Gasteiger charge is 2.08. The number of hydrogen-bond donors (Lipinski definition) is 3. The van der Waals surface area contributed by atoms with Crippen molar-refractivity contribution in [3.8, 4) is 0 Å². The Morgan fingerprint density at radius 1 is 1.16 bits per heavy atom. The molecule has 0 aliphatic heterocycles. The molecule has 0 saturated heterocycles. The molecule has 0 atom stereocenters. The lowest BCUT2D eigenvalue weighted by Gasteiger charge is -2.21. The third-order valence-corrected chi connectivity index (χ3v) is 2.29. The van der Waals surface area contributed by atoms with Crippen LogP contribution in [-0.4, -0.2) is 62.6 Å². The van der Waals surface area contributed by atoms with Gasteiger partial charge in [-0.3, -0.25) is 4.79 Å². The minimum Gasteiger partial charge on any atom is -0.357 e. The van der Waals surface area contributed by atoms with Crippen LogP contribution in [0, 0.1) is 0 Å². The Morgan fingerprint density at radius 2 is 1.79 bits per heavy atom. The second-order valence-corrected chi connectivity index (χ2v) is 5.59. The van der Waals surface area contributed by atoms with E-state index in [1.807, 2.05) is 6.92 Å². The maximum Gasteiger partial charge on any atom is 0.243 e. The predicted molar refractivity (Wildman–Crippen MR) is 80.4 cm³/mol. The van der Waals surface area contributed by atoms with Crippen molar-refractivity contribution in [2.45, 2.75) is 33.2 Å². The average molecular weight is 271 g/mol. The lowest BCUT2D eigenvalue weighted by molar-refractivity contribution is -0.127. The zero-order valence-corrected chi connectivity index (χ0v) is 13.1. The fraction of sp³-hybridized carbons (Fsp3) is 0.846. The minimum atomic E-state index is -0.00924. The normalized spacial score (nSPS) is 12.2. The number of rotatable bonds is 6. The summed E-state index contributed by atoms with van der Waals surface area (Å²) in [6.07, 6.45) is 0. The first-order valence-corrected chi connectivity index (χ1v) is 6.73. The smallest absolute Gasteiger partial charge is 0.243 e. The summed E-state index contributed by atoms with van der Waals surface area (Å²) in [5, 5.41) is 9.69. The van der Waals surface area contributed by atoms with Crippen molar-refractivity contribution in [3.05, 3.63) is 0 Å². The highest BCUT2D eigenvalue weighted by Crippen LogP contribution is 1.96. The number of aliphatic imine (C=N–C) groups is 1.